The molecule has 12 heteroatoms. The van der Waals surface area contributed by atoms with Crippen LogP contribution in [0.25, 0.3) is 16.6 Å². The number of anilines is 1. The molecule has 0 bridgehead atoms. The Morgan fingerprint density at radius 2 is 1.88 bits per heavy atom. The van der Waals surface area contributed by atoms with E-state index in [1.54, 1.807) is 12.1 Å². The van der Waals surface area contributed by atoms with Crippen molar-refractivity contribution in [2.45, 2.75) is 25.1 Å². The van der Waals surface area contributed by atoms with E-state index >= 15 is 0 Å². The van der Waals surface area contributed by atoms with E-state index in [4.69, 9.17) is 9.47 Å². The van der Waals surface area contributed by atoms with E-state index in [0.29, 0.717) is 23.6 Å². The molecule has 4 rings (SSSR count). The van der Waals surface area contributed by atoms with Gasteiger partial charge in [0, 0.05) is 37.4 Å². The molecule has 2 heterocycles. The van der Waals surface area contributed by atoms with Crippen molar-refractivity contribution in [3.8, 4) is 11.4 Å². The van der Waals surface area contributed by atoms with Gasteiger partial charge >= 0.3 is 12.1 Å². The third-order valence-electron chi connectivity index (χ3n) is 5.88. The van der Waals surface area contributed by atoms with Gasteiger partial charge in [0.15, 0.2) is 23.1 Å². The molecule has 0 atom stereocenters. The van der Waals surface area contributed by atoms with Crippen molar-refractivity contribution < 1.29 is 41.3 Å². The summed E-state index contributed by atoms with van der Waals surface area (Å²) < 4.78 is 79.4. The number of hydrogen-bond acceptors (Lipinski definition) is 6. The highest BCUT2D eigenvalue weighted by Gasteiger charge is 2.38. The average molecular weight is 485 g/mol. The van der Waals surface area contributed by atoms with Crippen LogP contribution in [-0.4, -0.2) is 54.3 Å². The highest BCUT2D eigenvalue weighted by molar-refractivity contribution is 6.03. The van der Waals surface area contributed by atoms with Crippen molar-refractivity contribution in [2.75, 3.05) is 32.3 Å². The van der Waals surface area contributed by atoms with Gasteiger partial charge in [-0.05, 0) is 37.1 Å². The van der Waals surface area contributed by atoms with E-state index in [9.17, 15) is 31.9 Å². The minimum Gasteiger partial charge on any atom is -0.503 e. The standard InChI is InChI=1S/C22H20F5N3O4/c1-29(11-5-7-34-8-6-11)12-3-4-15-13(9-12)19(21(32)33-2)28-30(15)16-10-14(22(25,26)27)17(23)20(31)18(16)24/h3-4,9-11,31H,5-8H2,1-2H3. The minimum absolute atomic E-state index is 0.0579. The Morgan fingerprint density at radius 1 is 1.21 bits per heavy atom. The number of aromatic nitrogens is 2. The Bertz CT molecular complexity index is 1250. The average Bonchev–Trinajstić information content (AvgIpc) is 3.20. The Morgan fingerprint density at radius 3 is 2.50 bits per heavy atom. The number of carbonyl (C=O) groups excluding carboxylic acids is 1. The number of hydrogen-bond donors (Lipinski definition) is 1. The molecule has 2 aromatic carbocycles. The first-order valence-electron chi connectivity index (χ1n) is 10.2. The third-order valence-corrected chi connectivity index (χ3v) is 5.88. The van der Waals surface area contributed by atoms with Crippen LogP contribution >= 0.6 is 0 Å². The lowest BCUT2D eigenvalue weighted by atomic mass is 10.1. The fourth-order valence-electron chi connectivity index (χ4n) is 4.01. The van der Waals surface area contributed by atoms with E-state index in [1.165, 1.54) is 6.07 Å². The second kappa shape index (κ2) is 8.75. The summed E-state index contributed by atoms with van der Waals surface area (Å²) in [5, 5.41) is 13.8. The Labute approximate surface area is 190 Å². The van der Waals surface area contributed by atoms with Crippen LogP contribution in [0.2, 0.25) is 0 Å². The number of halogens is 5. The first-order chi connectivity index (χ1) is 16.0. The van der Waals surface area contributed by atoms with Crippen molar-refractivity contribution in [2.24, 2.45) is 0 Å². The molecule has 1 saturated heterocycles. The van der Waals surface area contributed by atoms with Gasteiger partial charge in [-0.3, -0.25) is 0 Å². The predicted octanol–water partition coefficient (Wildman–Crippen LogP) is 4.43. The van der Waals surface area contributed by atoms with Crippen LogP contribution in [-0.2, 0) is 15.7 Å². The Hall–Kier alpha value is -3.41. The normalized spacial score (nSPS) is 15.0. The zero-order valence-corrected chi connectivity index (χ0v) is 18.1. The second-order valence-corrected chi connectivity index (χ2v) is 7.83. The molecule has 0 radical (unpaired) electrons. The molecule has 3 aromatic rings. The van der Waals surface area contributed by atoms with Gasteiger partial charge < -0.3 is 19.5 Å². The number of benzene rings is 2. The largest absolute Gasteiger partial charge is 0.503 e. The first-order valence-corrected chi connectivity index (χ1v) is 10.2. The number of phenols is 1. The summed E-state index contributed by atoms with van der Waals surface area (Å²) in [6.07, 6.45) is -3.66. The third kappa shape index (κ3) is 4.02. The number of nitrogens with zero attached hydrogens (tertiary/aromatic N) is 3. The molecular weight excluding hydrogens is 465 g/mol. The van der Waals surface area contributed by atoms with Crippen molar-refractivity contribution in [1.82, 2.24) is 9.78 Å². The zero-order chi connectivity index (χ0) is 24.8. The van der Waals surface area contributed by atoms with Crippen LogP contribution in [0, 0.1) is 11.6 Å². The van der Waals surface area contributed by atoms with E-state index in [-0.39, 0.29) is 28.7 Å². The minimum atomic E-state index is -5.21. The molecule has 0 aliphatic carbocycles. The van der Waals surface area contributed by atoms with Gasteiger partial charge in [-0.25, -0.2) is 18.3 Å². The van der Waals surface area contributed by atoms with Gasteiger partial charge in [0.1, 0.15) is 5.69 Å². The van der Waals surface area contributed by atoms with Gasteiger partial charge in [-0.2, -0.15) is 18.3 Å². The number of phenolic OH excluding ortho intramolecular Hbond substituents is 1. The molecule has 1 aliphatic rings. The molecule has 182 valence electrons. The van der Waals surface area contributed by atoms with E-state index in [0.717, 1.165) is 20.0 Å². The summed E-state index contributed by atoms with van der Waals surface area (Å²) in [5.74, 6) is -6.50. The number of alkyl halides is 3. The topological polar surface area (TPSA) is 76.8 Å². The van der Waals surface area contributed by atoms with Crippen molar-refractivity contribution in [1.29, 1.82) is 0 Å². The lowest BCUT2D eigenvalue weighted by Crippen LogP contribution is -2.36. The highest BCUT2D eigenvalue weighted by atomic mass is 19.4. The van der Waals surface area contributed by atoms with Crippen LogP contribution in [0.1, 0.15) is 28.9 Å². The molecule has 0 unspecified atom stereocenters. The van der Waals surface area contributed by atoms with Gasteiger partial charge in [-0.1, -0.05) is 0 Å². The number of methoxy groups -OCH3 is 1. The zero-order valence-electron chi connectivity index (χ0n) is 18.1. The number of aromatic hydroxyl groups is 1. The smallest absolute Gasteiger partial charge is 0.419 e. The van der Waals surface area contributed by atoms with Crippen molar-refractivity contribution in [3.05, 3.63) is 47.2 Å². The van der Waals surface area contributed by atoms with Crippen LogP contribution in [0.3, 0.4) is 0 Å². The Balaban J connectivity index is 1.91. The fraction of sp³-hybridized carbons (Fsp3) is 0.364. The fourth-order valence-corrected chi connectivity index (χ4v) is 4.01. The van der Waals surface area contributed by atoms with E-state index in [1.807, 2.05) is 11.9 Å². The lowest BCUT2D eigenvalue weighted by Gasteiger charge is -2.33. The number of fused-ring (bicyclic) bond motifs is 1. The molecule has 0 spiro atoms. The number of esters is 1. The monoisotopic (exact) mass is 485 g/mol. The summed E-state index contributed by atoms with van der Waals surface area (Å²) in [4.78, 5) is 14.4. The van der Waals surface area contributed by atoms with Gasteiger partial charge in [-0.15, -0.1) is 0 Å². The number of rotatable bonds is 4. The maximum Gasteiger partial charge on any atom is 0.419 e. The summed E-state index contributed by atoms with van der Waals surface area (Å²) in [7, 11) is 2.95. The van der Waals surface area contributed by atoms with Crippen LogP contribution in [0.15, 0.2) is 24.3 Å². The Kier molecular flexibility index (Phi) is 6.11. The van der Waals surface area contributed by atoms with E-state index in [2.05, 4.69) is 5.10 Å². The lowest BCUT2D eigenvalue weighted by molar-refractivity contribution is -0.140. The molecule has 1 N–H and O–H groups in total. The highest BCUT2D eigenvalue weighted by Crippen LogP contribution is 2.39. The first kappa shape index (κ1) is 23.7. The molecule has 7 nitrogen and oxygen atoms in total. The predicted molar refractivity (Wildman–Crippen MR) is 111 cm³/mol. The SMILES string of the molecule is COC(=O)c1nn(-c2cc(C(F)(F)F)c(F)c(O)c2F)c2ccc(N(C)C3CCOCC3)cc12. The molecule has 0 saturated carbocycles. The molecule has 1 aromatic heterocycles. The van der Waals surface area contributed by atoms with Crippen LogP contribution in [0.5, 0.6) is 5.75 Å². The molecule has 1 aliphatic heterocycles. The molecule has 0 amide bonds. The maximum atomic E-state index is 14.7. The maximum absolute atomic E-state index is 14.7. The van der Waals surface area contributed by atoms with Gasteiger partial charge in [0.05, 0.1) is 18.2 Å². The molecule has 34 heavy (non-hydrogen) atoms. The summed E-state index contributed by atoms with van der Waals surface area (Å²) in [6.45, 7) is 1.19. The molecular formula is C22H20F5N3O4. The van der Waals surface area contributed by atoms with Crippen molar-refractivity contribution >= 4 is 22.6 Å². The van der Waals surface area contributed by atoms with Crippen LogP contribution in [0.4, 0.5) is 27.6 Å². The quantitative estimate of drug-likeness (QED) is 0.435. The van der Waals surface area contributed by atoms with Crippen LogP contribution < -0.4 is 4.90 Å². The molecule has 1 fully saturated rings. The second-order valence-electron chi connectivity index (χ2n) is 7.83. The van der Waals surface area contributed by atoms with Crippen molar-refractivity contribution in [3.63, 3.8) is 0 Å². The summed E-state index contributed by atoms with van der Waals surface area (Å²) >= 11 is 0. The van der Waals surface area contributed by atoms with Gasteiger partial charge in [0.2, 0.25) is 0 Å². The van der Waals surface area contributed by atoms with E-state index < -0.39 is 40.8 Å². The van der Waals surface area contributed by atoms with Gasteiger partial charge in [0.25, 0.3) is 0 Å². The summed E-state index contributed by atoms with van der Waals surface area (Å²) in [6, 6.07) is 5.03. The number of ether oxygens (including phenoxy) is 2. The summed E-state index contributed by atoms with van der Waals surface area (Å²) in [5.41, 5.74) is -2.29. The number of carbonyl (C=O) groups is 1.